The van der Waals surface area contributed by atoms with Gasteiger partial charge in [-0.3, -0.25) is 0 Å². The number of hydrogen-bond donors (Lipinski definition) is 1. The third kappa shape index (κ3) is 3.83. The van der Waals surface area contributed by atoms with E-state index in [1.807, 2.05) is 16.8 Å². The summed E-state index contributed by atoms with van der Waals surface area (Å²) < 4.78 is 1.87. The van der Waals surface area contributed by atoms with E-state index in [2.05, 4.69) is 42.2 Å². The van der Waals surface area contributed by atoms with Gasteiger partial charge in [-0.2, -0.15) is 5.10 Å². The van der Waals surface area contributed by atoms with Crippen LogP contribution in [0.5, 0.6) is 0 Å². The van der Waals surface area contributed by atoms with Crippen LogP contribution in [-0.4, -0.2) is 21.3 Å². The molecule has 0 aliphatic heterocycles. The van der Waals surface area contributed by atoms with Crippen molar-refractivity contribution in [3.63, 3.8) is 0 Å². The Bertz CT molecular complexity index is 592. The average Bonchev–Trinajstić information content (AvgIpc) is 2.91. The molecule has 2 rings (SSSR count). The lowest BCUT2D eigenvalue weighted by Gasteiger charge is -2.09. The first-order chi connectivity index (χ1) is 10.2. The Morgan fingerprint density at radius 1 is 1.19 bits per heavy atom. The smallest absolute Gasteiger partial charge is 0.151 e. The summed E-state index contributed by atoms with van der Waals surface area (Å²) in [6, 6.07) is 6.13. The highest BCUT2D eigenvalue weighted by Crippen LogP contribution is 2.23. The predicted molar refractivity (Wildman–Crippen MR) is 87.1 cm³/mol. The van der Waals surface area contributed by atoms with Gasteiger partial charge >= 0.3 is 0 Å². The molecular weight excluding hydrogens is 284 g/mol. The highest BCUT2D eigenvalue weighted by atomic mass is 35.5. The zero-order valence-corrected chi connectivity index (χ0v) is 13.7. The maximum atomic E-state index is 6.44. The molecule has 114 valence electrons. The number of nitrogens with zero attached hydrogens (tertiary/aromatic N) is 3. The zero-order chi connectivity index (χ0) is 15.2. The second-order valence-electron chi connectivity index (χ2n) is 5.03. The Morgan fingerprint density at radius 3 is 2.62 bits per heavy atom. The fourth-order valence-electron chi connectivity index (χ4n) is 2.20. The number of aromatic nitrogens is 3. The molecule has 0 bridgehead atoms. The van der Waals surface area contributed by atoms with E-state index in [-0.39, 0.29) is 0 Å². The molecule has 1 heterocycles. The molecule has 0 aliphatic rings. The molecule has 1 aromatic heterocycles. The Balaban J connectivity index is 2.26. The standard InChI is InChI=1S/C16H23ClN4/c1-4-9-18-11-12-7-8-14(13(17)10-12)21-16(6-3)19-15(5-2)20-21/h7-8,10,18H,4-6,9,11H2,1-3H3. The van der Waals surface area contributed by atoms with Crippen molar-refractivity contribution < 1.29 is 0 Å². The van der Waals surface area contributed by atoms with Gasteiger partial charge in [0.2, 0.25) is 0 Å². The van der Waals surface area contributed by atoms with Gasteiger partial charge in [-0.1, -0.05) is 38.4 Å². The first-order valence-electron chi connectivity index (χ1n) is 7.63. The van der Waals surface area contributed by atoms with Crippen molar-refractivity contribution in [1.82, 2.24) is 20.1 Å². The van der Waals surface area contributed by atoms with Crippen molar-refractivity contribution in [3.8, 4) is 5.69 Å². The van der Waals surface area contributed by atoms with E-state index in [9.17, 15) is 0 Å². The van der Waals surface area contributed by atoms with E-state index in [0.29, 0.717) is 5.02 Å². The maximum absolute atomic E-state index is 6.44. The van der Waals surface area contributed by atoms with Gasteiger partial charge in [0.1, 0.15) is 5.82 Å². The summed E-state index contributed by atoms with van der Waals surface area (Å²) in [5, 5.41) is 8.64. The Morgan fingerprint density at radius 2 is 2.00 bits per heavy atom. The molecule has 21 heavy (non-hydrogen) atoms. The van der Waals surface area contributed by atoms with Crippen LogP contribution in [0.1, 0.15) is 44.4 Å². The summed E-state index contributed by atoms with van der Waals surface area (Å²) in [5.74, 6) is 1.81. The summed E-state index contributed by atoms with van der Waals surface area (Å²) in [5.41, 5.74) is 2.09. The highest BCUT2D eigenvalue weighted by molar-refractivity contribution is 6.32. The van der Waals surface area contributed by atoms with Crippen LogP contribution in [0.3, 0.4) is 0 Å². The second kappa shape index (κ2) is 7.57. The quantitative estimate of drug-likeness (QED) is 0.796. The van der Waals surface area contributed by atoms with Crippen molar-refractivity contribution >= 4 is 11.6 Å². The maximum Gasteiger partial charge on any atom is 0.151 e. The van der Waals surface area contributed by atoms with E-state index in [4.69, 9.17) is 11.6 Å². The van der Waals surface area contributed by atoms with Crippen molar-refractivity contribution in [1.29, 1.82) is 0 Å². The van der Waals surface area contributed by atoms with Crippen LogP contribution >= 0.6 is 11.6 Å². The first-order valence-corrected chi connectivity index (χ1v) is 8.01. The third-order valence-corrected chi connectivity index (χ3v) is 3.65. The number of rotatable bonds is 7. The molecule has 0 fully saturated rings. The van der Waals surface area contributed by atoms with Crippen molar-refractivity contribution in [2.75, 3.05) is 6.54 Å². The lowest BCUT2D eigenvalue weighted by Crippen LogP contribution is -2.14. The molecule has 1 N–H and O–H groups in total. The van der Waals surface area contributed by atoms with Crippen LogP contribution in [0.15, 0.2) is 18.2 Å². The summed E-state index contributed by atoms with van der Waals surface area (Å²) >= 11 is 6.44. The molecule has 0 spiro atoms. The largest absolute Gasteiger partial charge is 0.313 e. The van der Waals surface area contributed by atoms with Crippen LogP contribution in [0.2, 0.25) is 5.02 Å². The zero-order valence-electron chi connectivity index (χ0n) is 13.0. The topological polar surface area (TPSA) is 42.7 Å². The van der Waals surface area contributed by atoms with Crippen LogP contribution in [0.25, 0.3) is 5.69 Å². The lowest BCUT2D eigenvalue weighted by molar-refractivity contribution is 0.675. The molecule has 2 aromatic rings. The van der Waals surface area contributed by atoms with Gasteiger partial charge in [0, 0.05) is 19.4 Å². The van der Waals surface area contributed by atoms with Gasteiger partial charge in [-0.05, 0) is 30.7 Å². The van der Waals surface area contributed by atoms with Crippen molar-refractivity contribution in [2.45, 2.75) is 46.6 Å². The minimum absolute atomic E-state index is 0.716. The third-order valence-electron chi connectivity index (χ3n) is 3.35. The predicted octanol–water partition coefficient (Wildman–Crippen LogP) is 3.55. The monoisotopic (exact) mass is 306 g/mol. The fourth-order valence-corrected chi connectivity index (χ4v) is 2.49. The van der Waals surface area contributed by atoms with Gasteiger partial charge < -0.3 is 5.32 Å². The van der Waals surface area contributed by atoms with E-state index in [1.165, 1.54) is 5.56 Å². The number of benzene rings is 1. The van der Waals surface area contributed by atoms with E-state index in [0.717, 1.165) is 49.7 Å². The molecule has 4 nitrogen and oxygen atoms in total. The Kier molecular flexibility index (Phi) is 5.76. The molecule has 1 aromatic carbocycles. The minimum atomic E-state index is 0.716. The lowest BCUT2D eigenvalue weighted by atomic mass is 10.2. The molecule has 0 amide bonds. The molecule has 5 heteroatoms. The minimum Gasteiger partial charge on any atom is -0.313 e. The van der Waals surface area contributed by atoms with Crippen molar-refractivity contribution in [3.05, 3.63) is 40.4 Å². The van der Waals surface area contributed by atoms with Crippen molar-refractivity contribution in [2.24, 2.45) is 0 Å². The molecule has 0 saturated carbocycles. The SMILES string of the molecule is CCCNCc1ccc(-n2nc(CC)nc2CC)c(Cl)c1. The summed E-state index contributed by atoms with van der Waals surface area (Å²) in [7, 11) is 0. The van der Waals surface area contributed by atoms with Crippen LogP contribution in [0, 0.1) is 0 Å². The normalized spacial score (nSPS) is 11.0. The van der Waals surface area contributed by atoms with Gasteiger partial charge in [0.05, 0.1) is 10.7 Å². The van der Waals surface area contributed by atoms with Gasteiger partial charge in [-0.15, -0.1) is 0 Å². The van der Waals surface area contributed by atoms with Gasteiger partial charge in [-0.25, -0.2) is 9.67 Å². The fraction of sp³-hybridized carbons (Fsp3) is 0.500. The molecule has 0 unspecified atom stereocenters. The number of aryl methyl sites for hydroxylation is 2. The Hall–Kier alpha value is -1.39. The summed E-state index contributed by atoms with van der Waals surface area (Å²) in [6.45, 7) is 8.15. The second-order valence-corrected chi connectivity index (χ2v) is 5.43. The van der Waals surface area contributed by atoms with Crippen LogP contribution in [-0.2, 0) is 19.4 Å². The van der Waals surface area contributed by atoms with E-state index in [1.54, 1.807) is 0 Å². The van der Waals surface area contributed by atoms with E-state index >= 15 is 0 Å². The van der Waals surface area contributed by atoms with E-state index < -0.39 is 0 Å². The first kappa shape index (κ1) is 16.0. The summed E-state index contributed by atoms with van der Waals surface area (Å²) in [4.78, 5) is 4.53. The number of nitrogens with one attached hydrogen (secondary N) is 1. The summed E-state index contributed by atoms with van der Waals surface area (Å²) in [6.07, 6.45) is 2.80. The molecule has 0 aliphatic carbocycles. The average molecular weight is 307 g/mol. The highest BCUT2D eigenvalue weighted by Gasteiger charge is 2.12. The Labute approximate surface area is 131 Å². The molecule has 0 saturated heterocycles. The van der Waals surface area contributed by atoms with Crippen LogP contribution < -0.4 is 5.32 Å². The van der Waals surface area contributed by atoms with Gasteiger partial charge in [0.25, 0.3) is 0 Å². The molecular formula is C16H23ClN4. The molecule has 0 atom stereocenters. The van der Waals surface area contributed by atoms with Crippen LogP contribution in [0.4, 0.5) is 0 Å². The number of halogens is 1. The molecule has 0 radical (unpaired) electrons. The van der Waals surface area contributed by atoms with Gasteiger partial charge in [0.15, 0.2) is 5.82 Å². The number of hydrogen-bond acceptors (Lipinski definition) is 3.